The molecule has 0 aliphatic rings. The van der Waals surface area contributed by atoms with Crippen LogP contribution < -0.4 is 0 Å². The molecule has 0 saturated carbocycles. The van der Waals surface area contributed by atoms with Crippen molar-refractivity contribution in [2.75, 3.05) is 0 Å². The number of rotatable bonds is 1. The molecule has 0 spiro atoms. The largest absolute Gasteiger partial charge is 0.435 e. The molecule has 1 aromatic heterocycles. The highest BCUT2D eigenvalue weighted by molar-refractivity contribution is 5.74. The van der Waals surface area contributed by atoms with Crippen molar-refractivity contribution in [3.63, 3.8) is 0 Å². The second-order valence-corrected chi connectivity index (χ2v) is 3.08. The van der Waals surface area contributed by atoms with Gasteiger partial charge < -0.3 is 5.11 Å². The van der Waals surface area contributed by atoms with E-state index in [0.29, 0.717) is 0 Å². The first-order valence-corrected chi connectivity index (χ1v) is 4.15. The summed E-state index contributed by atoms with van der Waals surface area (Å²) in [6, 6.07) is 3.04. The van der Waals surface area contributed by atoms with Crippen LogP contribution in [0.4, 0.5) is 17.6 Å². The molecule has 0 bridgehead atoms. The Hall–Kier alpha value is -1.70. The molecule has 0 aliphatic heterocycles. The predicted molar refractivity (Wildman–Crippen MR) is 44.8 cm³/mol. The van der Waals surface area contributed by atoms with Crippen molar-refractivity contribution in [3.8, 4) is 0 Å². The fourth-order valence-electron chi connectivity index (χ4n) is 1.23. The normalized spacial score (nSPS) is 14.3. The summed E-state index contributed by atoms with van der Waals surface area (Å²) in [5.74, 6) is -0.731. The van der Waals surface area contributed by atoms with E-state index < -0.39 is 18.2 Å². The lowest BCUT2D eigenvalue weighted by molar-refractivity contribution is -0.234. The Morgan fingerprint density at radius 2 is 2.00 bits per heavy atom. The van der Waals surface area contributed by atoms with Gasteiger partial charge in [-0.2, -0.15) is 13.2 Å². The monoisotopic (exact) mass is 235 g/mol. The molecule has 2 aromatic rings. The maximum absolute atomic E-state index is 12.8. The number of nitrogens with zero attached hydrogens (tertiary/aromatic N) is 3. The molecular formula is C8H5F4N3O. The van der Waals surface area contributed by atoms with Crippen molar-refractivity contribution in [2.45, 2.75) is 12.4 Å². The van der Waals surface area contributed by atoms with Crippen molar-refractivity contribution in [1.82, 2.24) is 15.0 Å². The summed E-state index contributed by atoms with van der Waals surface area (Å²) in [5.41, 5.74) is -0.144. The van der Waals surface area contributed by atoms with Crippen LogP contribution in [0.2, 0.25) is 0 Å². The molecule has 0 fully saturated rings. The van der Waals surface area contributed by atoms with Gasteiger partial charge in [0.05, 0.1) is 5.52 Å². The highest BCUT2D eigenvalue weighted by Gasteiger charge is 2.41. The van der Waals surface area contributed by atoms with Crippen LogP contribution >= 0.6 is 0 Å². The minimum Gasteiger partial charge on any atom is -0.364 e. The smallest absolute Gasteiger partial charge is 0.364 e. The Bertz CT molecular complexity index is 521. The van der Waals surface area contributed by atoms with E-state index in [-0.39, 0.29) is 15.7 Å². The van der Waals surface area contributed by atoms with Gasteiger partial charge in [0.15, 0.2) is 0 Å². The number of benzene rings is 1. The quantitative estimate of drug-likeness (QED) is 0.764. The van der Waals surface area contributed by atoms with Crippen LogP contribution in [0.5, 0.6) is 0 Å². The van der Waals surface area contributed by atoms with Crippen molar-refractivity contribution < 1.29 is 22.7 Å². The van der Waals surface area contributed by atoms with E-state index in [1.54, 1.807) is 0 Å². The molecule has 8 heteroatoms. The molecular weight excluding hydrogens is 230 g/mol. The minimum atomic E-state index is -4.88. The molecule has 1 aromatic carbocycles. The van der Waals surface area contributed by atoms with E-state index in [1.807, 2.05) is 0 Å². The van der Waals surface area contributed by atoms with Crippen LogP contribution in [0.3, 0.4) is 0 Å². The van der Waals surface area contributed by atoms with Crippen LogP contribution in [0.25, 0.3) is 11.0 Å². The van der Waals surface area contributed by atoms with E-state index in [0.717, 1.165) is 12.1 Å². The lowest BCUT2D eigenvalue weighted by Gasteiger charge is -2.14. The predicted octanol–water partition coefficient (Wildman–Crippen LogP) is 1.62. The number of fused-ring (bicyclic) bond motifs is 1. The summed E-state index contributed by atoms with van der Waals surface area (Å²) in [4.78, 5) is 0. The maximum Gasteiger partial charge on any atom is 0.435 e. The number of aliphatic hydroxyl groups excluding tert-OH is 1. The Kier molecular flexibility index (Phi) is 2.30. The van der Waals surface area contributed by atoms with E-state index in [4.69, 9.17) is 5.11 Å². The topological polar surface area (TPSA) is 50.9 Å². The molecule has 0 aliphatic carbocycles. The highest BCUT2D eigenvalue weighted by atomic mass is 19.4. The SMILES string of the molecule is OC(n1nnc2ccc(F)cc21)C(F)(F)F. The van der Waals surface area contributed by atoms with Gasteiger partial charge in [-0.3, -0.25) is 0 Å². The number of halogens is 4. The van der Waals surface area contributed by atoms with Crippen molar-refractivity contribution >= 4 is 11.0 Å². The van der Waals surface area contributed by atoms with Crippen LogP contribution in [0.15, 0.2) is 18.2 Å². The molecule has 0 amide bonds. The first-order valence-electron chi connectivity index (χ1n) is 4.15. The van der Waals surface area contributed by atoms with Gasteiger partial charge in [0.2, 0.25) is 6.23 Å². The summed E-state index contributed by atoms with van der Waals surface area (Å²) in [5, 5.41) is 15.5. The minimum absolute atomic E-state index is 0.0738. The number of alkyl halides is 3. The average Bonchev–Trinajstić information content (AvgIpc) is 2.57. The Morgan fingerprint density at radius 1 is 1.31 bits per heavy atom. The number of aliphatic hydroxyl groups is 1. The molecule has 1 N–H and O–H groups in total. The zero-order valence-corrected chi connectivity index (χ0v) is 7.61. The van der Waals surface area contributed by atoms with E-state index >= 15 is 0 Å². The molecule has 0 radical (unpaired) electrons. The molecule has 2 rings (SSSR count). The second-order valence-electron chi connectivity index (χ2n) is 3.08. The van der Waals surface area contributed by atoms with Gasteiger partial charge in [-0.25, -0.2) is 9.07 Å². The van der Waals surface area contributed by atoms with E-state index in [2.05, 4.69) is 10.3 Å². The Balaban J connectivity index is 2.57. The van der Waals surface area contributed by atoms with Crippen LogP contribution in [0, 0.1) is 5.82 Å². The Labute approximate surface area is 86.1 Å². The van der Waals surface area contributed by atoms with Gasteiger partial charge in [-0.05, 0) is 12.1 Å². The van der Waals surface area contributed by atoms with E-state index in [1.165, 1.54) is 6.07 Å². The highest BCUT2D eigenvalue weighted by Crippen LogP contribution is 2.29. The summed E-state index contributed by atoms with van der Waals surface area (Å²) in [7, 11) is 0. The van der Waals surface area contributed by atoms with Gasteiger partial charge in [0.25, 0.3) is 0 Å². The molecule has 1 heterocycles. The van der Waals surface area contributed by atoms with Crippen LogP contribution in [-0.4, -0.2) is 26.3 Å². The first-order chi connectivity index (χ1) is 7.39. The summed E-state index contributed by atoms with van der Waals surface area (Å²) in [6.07, 6.45) is -7.72. The number of hydrogen-bond acceptors (Lipinski definition) is 3. The lowest BCUT2D eigenvalue weighted by Crippen LogP contribution is -2.27. The van der Waals surface area contributed by atoms with Gasteiger partial charge in [-0.15, -0.1) is 5.10 Å². The number of aromatic nitrogens is 3. The third kappa shape index (κ3) is 1.71. The molecule has 4 nitrogen and oxygen atoms in total. The van der Waals surface area contributed by atoms with Crippen LogP contribution in [0.1, 0.15) is 6.23 Å². The van der Waals surface area contributed by atoms with Crippen molar-refractivity contribution in [1.29, 1.82) is 0 Å². The van der Waals surface area contributed by atoms with E-state index in [9.17, 15) is 17.6 Å². The zero-order chi connectivity index (χ0) is 11.9. The standard InChI is InChI=1S/C8H5F4N3O/c9-4-1-2-5-6(3-4)15(14-13-5)7(16)8(10,11)12/h1-3,7,16H. The first kappa shape index (κ1) is 10.8. The van der Waals surface area contributed by atoms with Crippen molar-refractivity contribution in [2.24, 2.45) is 0 Å². The third-order valence-electron chi connectivity index (χ3n) is 1.96. The second kappa shape index (κ2) is 3.41. The average molecular weight is 235 g/mol. The molecule has 86 valence electrons. The molecule has 0 saturated heterocycles. The summed E-state index contributed by atoms with van der Waals surface area (Å²) >= 11 is 0. The maximum atomic E-state index is 12.8. The fraction of sp³-hybridized carbons (Fsp3) is 0.250. The Morgan fingerprint density at radius 3 is 2.62 bits per heavy atom. The zero-order valence-electron chi connectivity index (χ0n) is 7.61. The third-order valence-corrected chi connectivity index (χ3v) is 1.96. The molecule has 1 unspecified atom stereocenters. The fourth-order valence-corrected chi connectivity index (χ4v) is 1.23. The van der Waals surface area contributed by atoms with Gasteiger partial charge in [0.1, 0.15) is 11.3 Å². The van der Waals surface area contributed by atoms with Gasteiger partial charge in [-0.1, -0.05) is 5.21 Å². The summed E-state index contributed by atoms with van der Waals surface area (Å²) in [6.45, 7) is 0. The van der Waals surface area contributed by atoms with Gasteiger partial charge >= 0.3 is 6.18 Å². The van der Waals surface area contributed by atoms with Crippen LogP contribution in [-0.2, 0) is 0 Å². The van der Waals surface area contributed by atoms with Gasteiger partial charge in [0, 0.05) is 6.07 Å². The number of hydrogen-bond donors (Lipinski definition) is 1. The summed E-state index contributed by atoms with van der Waals surface area (Å²) < 4.78 is 49.7. The molecule has 16 heavy (non-hydrogen) atoms. The molecule has 1 atom stereocenters. The van der Waals surface area contributed by atoms with Crippen molar-refractivity contribution in [3.05, 3.63) is 24.0 Å². The lowest BCUT2D eigenvalue weighted by atomic mass is 10.3.